The number of amides is 1. The van der Waals surface area contributed by atoms with Gasteiger partial charge in [-0.3, -0.25) is 9.79 Å². The van der Waals surface area contributed by atoms with E-state index in [1.807, 2.05) is 7.05 Å². The lowest BCUT2D eigenvalue weighted by atomic mass is 9.91. The number of hydrogen-bond acceptors (Lipinski definition) is 4. The summed E-state index contributed by atoms with van der Waals surface area (Å²) in [6, 6.07) is 4.29. The summed E-state index contributed by atoms with van der Waals surface area (Å²) in [5, 5.41) is 8.98. The number of thiophene rings is 1. The molecular formula is C20H35N5OS. The van der Waals surface area contributed by atoms with Crippen LogP contribution in [0.1, 0.15) is 44.4 Å². The third-order valence-corrected chi connectivity index (χ3v) is 6.53. The number of unbranched alkanes of at least 4 members (excludes halogenated alkanes) is 1. The molecule has 1 fully saturated rings. The van der Waals surface area contributed by atoms with Crippen LogP contribution in [0.25, 0.3) is 0 Å². The zero-order chi connectivity index (χ0) is 19.7. The van der Waals surface area contributed by atoms with E-state index in [0.717, 1.165) is 64.4 Å². The van der Waals surface area contributed by atoms with E-state index in [4.69, 9.17) is 5.73 Å². The van der Waals surface area contributed by atoms with Crippen molar-refractivity contribution in [1.82, 2.24) is 15.5 Å². The molecule has 0 spiro atoms. The largest absolute Gasteiger partial charge is 0.369 e. The van der Waals surface area contributed by atoms with Gasteiger partial charge in [0, 0.05) is 36.3 Å². The Bertz CT molecular complexity index is 592. The number of primary amides is 1. The molecule has 1 aliphatic rings. The molecule has 2 rings (SSSR count). The molecular weight excluding hydrogens is 358 g/mol. The number of nitrogens with one attached hydrogen (secondary N) is 2. The minimum absolute atomic E-state index is 0.0794. The Morgan fingerprint density at radius 3 is 2.67 bits per heavy atom. The van der Waals surface area contributed by atoms with Gasteiger partial charge in [0.25, 0.3) is 0 Å². The molecule has 0 aliphatic carbocycles. The number of carbonyl (C=O) groups is 1. The van der Waals surface area contributed by atoms with Crippen molar-refractivity contribution in [2.45, 2.75) is 44.9 Å². The molecule has 0 aromatic carbocycles. The summed E-state index contributed by atoms with van der Waals surface area (Å²) in [7, 11) is 1.82. The van der Waals surface area contributed by atoms with Crippen LogP contribution in [0.5, 0.6) is 0 Å². The molecule has 0 bridgehead atoms. The molecule has 152 valence electrons. The first-order valence-electron chi connectivity index (χ1n) is 9.92. The zero-order valence-corrected chi connectivity index (χ0v) is 17.8. The van der Waals surface area contributed by atoms with Crippen LogP contribution in [0.4, 0.5) is 0 Å². The fourth-order valence-electron chi connectivity index (χ4n) is 3.38. The van der Waals surface area contributed by atoms with Gasteiger partial charge in [0.15, 0.2) is 5.96 Å². The second-order valence-electron chi connectivity index (χ2n) is 7.94. The molecule has 27 heavy (non-hydrogen) atoms. The number of carbonyl (C=O) groups excluding carboxylic acids is 1. The Morgan fingerprint density at radius 2 is 2.07 bits per heavy atom. The molecule has 7 heteroatoms. The normalized spacial score (nSPS) is 17.1. The number of likely N-dealkylation sites (tertiary alicyclic amines) is 1. The van der Waals surface area contributed by atoms with Gasteiger partial charge in [-0.05, 0) is 56.8 Å². The van der Waals surface area contributed by atoms with Crippen molar-refractivity contribution in [3.63, 3.8) is 0 Å². The molecule has 0 atom stereocenters. The second-order valence-corrected chi connectivity index (χ2v) is 8.89. The van der Waals surface area contributed by atoms with Crippen molar-refractivity contribution in [2.24, 2.45) is 16.6 Å². The fraction of sp³-hybridized carbons (Fsp3) is 0.700. The average molecular weight is 394 g/mol. The third kappa shape index (κ3) is 7.14. The maximum absolute atomic E-state index is 11.2. The summed E-state index contributed by atoms with van der Waals surface area (Å²) in [4.78, 5) is 19.4. The first-order valence-corrected chi connectivity index (χ1v) is 10.8. The molecule has 6 nitrogen and oxygen atoms in total. The van der Waals surface area contributed by atoms with E-state index in [1.165, 1.54) is 4.88 Å². The Labute approximate surface area is 167 Å². The minimum atomic E-state index is -0.139. The maximum Gasteiger partial charge on any atom is 0.220 e. The van der Waals surface area contributed by atoms with Crippen LogP contribution < -0.4 is 16.4 Å². The Hall–Kier alpha value is -1.60. The molecule has 1 aliphatic heterocycles. The number of nitrogens with zero attached hydrogens (tertiary/aromatic N) is 2. The smallest absolute Gasteiger partial charge is 0.220 e. The SMILES string of the molecule is CN=C(NCCCCN1CCC(C(N)=O)CC1)NCC(C)(C)c1cccs1. The number of nitrogens with two attached hydrogens (primary N) is 1. The fourth-order valence-corrected chi connectivity index (χ4v) is 4.24. The predicted molar refractivity (Wildman–Crippen MR) is 114 cm³/mol. The predicted octanol–water partition coefficient (Wildman–Crippen LogP) is 2.17. The van der Waals surface area contributed by atoms with Gasteiger partial charge in [0.1, 0.15) is 0 Å². The number of hydrogen-bond donors (Lipinski definition) is 3. The van der Waals surface area contributed by atoms with Crippen LogP contribution in [0.3, 0.4) is 0 Å². The van der Waals surface area contributed by atoms with Gasteiger partial charge in [-0.1, -0.05) is 19.9 Å². The molecule has 4 N–H and O–H groups in total. The standard InChI is InChI=1S/C20H35N5OS/c1-20(2,17-7-6-14-27-17)15-24-19(22-3)23-10-4-5-11-25-12-8-16(9-13-25)18(21)26/h6-7,14,16H,4-5,8-13,15H2,1-3H3,(H2,21,26)(H2,22,23,24). The van der Waals surface area contributed by atoms with E-state index in [9.17, 15) is 4.79 Å². The molecule has 1 amide bonds. The van der Waals surface area contributed by atoms with Crippen molar-refractivity contribution in [3.8, 4) is 0 Å². The summed E-state index contributed by atoms with van der Waals surface area (Å²) >= 11 is 1.80. The Kier molecular flexibility index (Phi) is 8.57. The van der Waals surface area contributed by atoms with E-state index < -0.39 is 0 Å². The molecule has 2 heterocycles. The van der Waals surface area contributed by atoms with Crippen molar-refractivity contribution in [2.75, 3.05) is 39.8 Å². The first-order chi connectivity index (χ1) is 12.9. The highest BCUT2D eigenvalue weighted by Gasteiger charge is 2.23. The van der Waals surface area contributed by atoms with Gasteiger partial charge in [-0.15, -0.1) is 11.3 Å². The average Bonchev–Trinajstić information content (AvgIpc) is 3.20. The lowest BCUT2D eigenvalue weighted by molar-refractivity contribution is -0.123. The molecule has 0 unspecified atom stereocenters. The van der Waals surface area contributed by atoms with Crippen molar-refractivity contribution >= 4 is 23.2 Å². The summed E-state index contributed by atoms with van der Waals surface area (Å²) < 4.78 is 0. The van der Waals surface area contributed by atoms with Crippen molar-refractivity contribution < 1.29 is 4.79 Å². The summed E-state index contributed by atoms with van der Waals surface area (Å²) in [5.74, 6) is 0.803. The van der Waals surface area contributed by atoms with Gasteiger partial charge in [0.2, 0.25) is 5.91 Å². The summed E-state index contributed by atoms with van der Waals surface area (Å²) in [6.07, 6.45) is 4.06. The summed E-state index contributed by atoms with van der Waals surface area (Å²) in [5.41, 5.74) is 5.48. The number of aliphatic imine (C=N–C) groups is 1. The topological polar surface area (TPSA) is 82.8 Å². The van der Waals surface area contributed by atoms with Gasteiger partial charge in [0.05, 0.1) is 0 Å². The van der Waals surface area contributed by atoms with E-state index in [2.05, 4.69) is 51.9 Å². The van der Waals surface area contributed by atoms with Crippen LogP contribution in [0.15, 0.2) is 22.5 Å². The van der Waals surface area contributed by atoms with E-state index in [-0.39, 0.29) is 17.2 Å². The van der Waals surface area contributed by atoms with Crippen LogP contribution >= 0.6 is 11.3 Å². The first kappa shape index (κ1) is 21.7. The molecule has 1 aromatic rings. The van der Waals surface area contributed by atoms with Crippen LogP contribution in [0.2, 0.25) is 0 Å². The minimum Gasteiger partial charge on any atom is -0.369 e. The highest BCUT2D eigenvalue weighted by atomic mass is 32.1. The molecule has 0 saturated carbocycles. The van der Waals surface area contributed by atoms with Gasteiger partial charge in [-0.2, -0.15) is 0 Å². The van der Waals surface area contributed by atoms with Crippen molar-refractivity contribution in [1.29, 1.82) is 0 Å². The monoisotopic (exact) mass is 393 g/mol. The number of piperidine rings is 1. The number of guanidine groups is 1. The maximum atomic E-state index is 11.2. The van der Waals surface area contributed by atoms with E-state index in [0.29, 0.717) is 0 Å². The van der Waals surface area contributed by atoms with E-state index >= 15 is 0 Å². The highest BCUT2D eigenvalue weighted by molar-refractivity contribution is 7.10. The Morgan fingerprint density at radius 1 is 1.33 bits per heavy atom. The molecule has 1 saturated heterocycles. The Balaban J connectivity index is 1.58. The van der Waals surface area contributed by atoms with E-state index in [1.54, 1.807) is 11.3 Å². The van der Waals surface area contributed by atoms with Crippen LogP contribution in [-0.2, 0) is 10.2 Å². The van der Waals surface area contributed by atoms with Gasteiger partial charge < -0.3 is 21.3 Å². The lowest BCUT2D eigenvalue weighted by Crippen LogP contribution is -2.43. The van der Waals surface area contributed by atoms with Gasteiger partial charge in [-0.25, -0.2) is 0 Å². The van der Waals surface area contributed by atoms with Crippen molar-refractivity contribution in [3.05, 3.63) is 22.4 Å². The van der Waals surface area contributed by atoms with Crippen LogP contribution in [-0.4, -0.2) is 56.5 Å². The lowest BCUT2D eigenvalue weighted by Gasteiger charge is -2.30. The molecule has 0 radical (unpaired) electrons. The highest BCUT2D eigenvalue weighted by Crippen LogP contribution is 2.26. The second kappa shape index (κ2) is 10.7. The summed E-state index contributed by atoms with van der Waals surface area (Å²) in [6.45, 7) is 9.33. The molecule has 1 aromatic heterocycles. The zero-order valence-electron chi connectivity index (χ0n) is 17.0. The third-order valence-electron chi connectivity index (χ3n) is 5.29. The van der Waals surface area contributed by atoms with Crippen LogP contribution in [0, 0.1) is 5.92 Å². The number of rotatable bonds is 9. The quantitative estimate of drug-likeness (QED) is 0.341. The van der Waals surface area contributed by atoms with Gasteiger partial charge >= 0.3 is 0 Å².